The monoisotopic (exact) mass is 231 g/mol. The van der Waals surface area contributed by atoms with Crippen molar-refractivity contribution in [2.75, 3.05) is 0 Å². The lowest BCUT2D eigenvalue weighted by molar-refractivity contribution is 1.04. The summed E-state index contributed by atoms with van der Waals surface area (Å²) in [5.41, 5.74) is 2.77. The van der Waals surface area contributed by atoms with Crippen LogP contribution in [0, 0.1) is 18.3 Å². The molecule has 2 heterocycles. The molecular formula is C12H10ClN3. The van der Waals surface area contributed by atoms with E-state index < -0.39 is 0 Å². The lowest BCUT2D eigenvalue weighted by Gasteiger charge is -2.06. The van der Waals surface area contributed by atoms with E-state index in [0.717, 1.165) is 23.0 Å². The molecule has 0 aromatic carbocycles. The molecule has 4 heteroatoms. The highest BCUT2D eigenvalue weighted by Gasteiger charge is 2.11. The van der Waals surface area contributed by atoms with E-state index >= 15 is 0 Å². The molecular weight excluding hydrogens is 222 g/mol. The second-order valence-electron chi connectivity index (χ2n) is 3.54. The summed E-state index contributed by atoms with van der Waals surface area (Å²) in [4.78, 5) is 8.57. The molecule has 0 aliphatic rings. The normalized spacial score (nSPS) is 10.4. The molecule has 2 rings (SSSR count). The SMILES string of the molecule is CCc1cc2c(Cl)c(C#N)c(C)nc2cn1. The van der Waals surface area contributed by atoms with Gasteiger partial charge in [0.05, 0.1) is 28.0 Å². The van der Waals surface area contributed by atoms with Crippen LogP contribution in [-0.2, 0) is 6.42 Å². The van der Waals surface area contributed by atoms with E-state index in [1.807, 2.05) is 13.0 Å². The van der Waals surface area contributed by atoms with Crippen LogP contribution in [0.25, 0.3) is 10.9 Å². The van der Waals surface area contributed by atoms with Crippen LogP contribution in [0.2, 0.25) is 5.02 Å². The van der Waals surface area contributed by atoms with Crippen LogP contribution in [-0.4, -0.2) is 9.97 Å². The summed E-state index contributed by atoms with van der Waals surface area (Å²) < 4.78 is 0. The number of nitriles is 1. The third-order valence-corrected chi connectivity index (χ3v) is 2.91. The Morgan fingerprint density at radius 1 is 1.50 bits per heavy atom. The summed E-state index contributed by atoms with van der Waals surface area (Å²) in [5.74, 6) is 0. The Hall–Kier alpha value is -1.66. The van der Waals surface area contributed by atoms with Gasteiger partial charge in [0.1, 0.15) is 6.07 Å². The third-order valence-electron chi connectivity index (χ3n) is 2.52. The Morgan fingerprint density at radius 2 is 2.25 bits per heavy atom. The first-order valence-corrected chi connectivity index (χ1v) is 5.40. The molecule has 0 amide bonds. The van der Waals surface area contributed by atoms with Crippen molar-refractivity contribution in [2.24, 2.45) is 0 Å². The van der Waals surface area contributed by atoms with Crippen LogP contribution in [0.5, 0.6) is 0 Å². The van der Waals surface area contributed by atoms with Gasteiger partial charge in [-0.1, -0.05) is 18.5 Å². The van der Waals surface area contributed by atoms with Gasteiger partial charge in [0.2, 0.25) is 0 Å². The molecule has 0 spiro atoms. The number of halogens is 1. The lowest BCUT2D eigenvalue weighted by atomic mass is 10.1. The average Bonchev–Trinajstić information content (AvgIpc) is 2.29. The van der Waals surface area contributed by atoms with Gasteiger partial charge in [0.15, 0.2) is 0 Å². The second-order valence-corrected chi connectivity index (χ2v) is 3.92. The van der Waals surface area contributed by atoms with E-state index in [1.165, 1.54) is 0 Å². The summed E-state index contributed by atoms with van der Waals surface area (Å²) in [5, 5.41) is 10.3. The number of fused-ring (bicyclic) bond motifs is 1. The van der Waals surface area contributed by atoms with Gasteiger partial charge in [0.25, 0.3) is 0 Å². The largest absolute Gasteiger partial charge is 0.259 e. The van der Waals surface area contributed by atoms with E-state index in [-0.39, 0.29) is 0 Å². The molecule has 2 aromatic heterocycles. The topological polar surface area (TPSA) is 49.6 Å². The summed E-state index contributed by atoms with van der Waals surface area (Å²) in [6.45, 7) is 3.80. The van der Waals surface area contributed by atoms with E-state index in [0.29, 0.717) is 16.3 Å². The Labute approximate surface area is 98.7 Å². The molecule has 0 radical (unpaired) electrons. The summed E-state index contributed by atoms with van der Waals surface area (Å²) in [7, 11) is 0. The number of hydrogen-bond donors (Lipinski definition) is 0. The minimum atomic E-state index is 0.447. The van der Waals surface area contributed by atoms with Crippen LogP contribution in [0.4, 0.5) is 0 Å². The van der Waals surface area contributed by atoms with Crippen molar-refractivity contribution in [1.29, 1.82) is 5.26 Å². The summed E-state index contributed by atoms with van der Waals surface area (Å²) >= 11 is 6.19. The zero-order valence-corrected chi connectivity index (χ0v) is 9.84. The van der Waals surface area contributed by atoms with Gasteiger partial charge in [-0.2, -0.15) is 5.26 Å². The highest BCUT2D eigenvalue weighted by Crippen LogP contribution is 2.27. The lowest BCUT2D eigenvalue weighted by Crippen LogP contribution is -1.94. The molecule has 0 saturated heterocycles. The molecule has 0 N–H and O–H groups in total. The molecule has 3 nitrogen and oxygen atoms in total. The fourth-order valence-corrected chi connectivity index (χ4v) is 1.94. The molecule has 16 heavy (non-hydrogen) atoms. The first kappa shape index (κ1) is 10.8. The van der Waals surface area contributed by atoms with Crippen molar-refractivity contribution in [1.82, 2.24) is 9.97 Å². The van der Waals surface area contributed by atoms with Crippen LogP contribution in [0.15, 0.2) is 12.3 Å². The predicted molar refractivity (Wildman–Crippen MR) is 63.4 cm³/mol. The number of pyridine rings is 2. The summed E-state index contributed by atoms with van der Waals surface area (Å²) in [6.07, 6.45) is 2.54. The maximum absolute atomic E-state index is 9.00. The van der Waals surface area contributed by atoms with Crippen molar-refractivity contribution in [3.63, 3.8) is 0 Å². The minimum Gasteiger partial charge on any atom is -0.259 e. The number of nitrogens with zero attached hydrogens (tertiary/aromatic N) is 3. The number of rotatable bonds is 1. The Balaban J connectivity index is 2.85. The quantitative estimate of drug-likeness (QED) is 0.758. The zero-order chi connectivity index (χ0) is 11.7. The molecule has 0 unspecified atom stereocenters. The first-order valence-electron chi connectivity index (χ1n) is 5.02. The number of aromatic nitrogens is 2. The van der Waals surface area contributed by atoms with E-state index in [4.69, 9.17) is 16.9 Å². The fourth-order valence-electron chi connectivity index (χ4n) is 1.61. The molecule has 80 valence electrons. The van der Waals surface area contributed by atoms with Gasteiger partial charge < -0.3 is 0 Å². The van der Waals surface area contributed by atoms with Crippen LogP contribution in [0.1, 0.15) is 23.9 Å². The average molecular weight is 232 g/mol. The van der Waals surface area contributed by atoms with Crippen molar-refractivity contribution < 1.29 is 0 Å². The van der Waals surface area contributed by atoms with Gasteiger partial charge in [-0.15, -0.1) is 0 Å². The molecule has 0 aliphatic heterocycles. The van der Waals surface area contributed by atoms with Crippen LogP contribution in [0.3, 0.4) is 0 Å². The Morgan fingerprint density at radius 3 is 2.88 bits per heavy atom. The van der Waals surface area contributed by atoms with Gasteiger partial charge in [0, 0.05) is 11.1 Å². The van der Waals surface area contributed by atoms with E-state index in [1.54, 1.807) is 13.1 Å². The van der Waals surface area contributed by atoms with E-state index in [2.05, 4.69) is 16.0 Å². The first-order chi connectivity index (χ1) is 7.67. The van der Waals surface area contributed by atoms with Gasteiger partial charge in [-0.3, -0.25) is 9.97 Å². The van der Waals surface area contributed by atoms with Gasteiger partial charge in [-0.05, 0) is 19.4 Å². The minimum absolute atomic E-state index is 0.447. The van der Waals surface area contributed by atoms with E-state index in [9.17, 15) is 0 Å². The van der Waals surface area contributed by atoms with Crippen molar-refractivity contribution >= 4 is 22.5 Å². The van der Waals surface area contributed by atoms with Gasteiger partial charge >= 0.3 is 0 Å². The van der Waals surface area contributed by atoms with Crippen LogP contribution >= 0.6 is 11.6 Å². The smallest absolute Gasteiger partial charge is 0.103 e. The molecule has 0 bridgehead atoms. The second kappa shape index (κ2) is 4.07. The van der Waals surface area contributed by atoms with Crippen molar-refractivity contribution in [3.8, 4) is 6.07 Å². The molecule has 0 fully saturated rings. The number of aryl methyl sites for hydroxylation is 2. The van der Waals surface area contributed by atoms with Crippen LogP contribution < -0.4 is 0 Å². The van der Waals surface area contributed by atoms with Gasteiger partial charge in [-0.25, -0.2) is 0 Å². The maximum Gasteiger partial charge on any atom is 0.103 e. The maximum atomic E-state index is 9.00. The molecule has 0 aliphatic carbocycles. The van der Waals surface area contributed by atoms with Crippen molar-refractivity contribution in [3.05, 3.63) is 34.2 Å². The highest BCUT2D eigenvalue weighted by atomic mass is 35.5. The fraction of sp³-hybridized carbons (Fsp3) is 0.250. The predicted octanol–water partition coefficient (Wildman–Crippen LogP) is 3.03. The summed E-state index contributed by atoms with van der Waals surface area (Å²) in [6, 6.07) is 3.97. The highest BCUT2D eigenvalue weighted by molar-refractivity contribution is 6.36. The molecule has 2 aromatic rings. The van der Waals surface area contributed by atoms with Crippen molar-refractivity contribution in [2.45, 2.75) is 20.3 Å². The Kier molecular flexibility index (Phi) is 2.76. The number of hydrogen-bond acceptors (Lipinski definition) is 3. The molecule has 0 saturated carbocycles. The Bertz CT molecular complexity index is 599. The standard InChI is InChI=1S/C12H10ClN3/c1-3-8-4-9-11(6-15-8)16-7(2)10(5-14)12(9)13/h4,6H,3H2,1-2H3. The zero-order valence-electron chi connectivity index (χ0n) is 9.08. The third kappa shape index (κ3) is 1.62. The molecule has 0 atom stereocenters.